The van der Waals surface area contributed by atoms with Crippen molar-refractivity contribution in [3.05, 3.63) is 52.0 Å². The Morgan fingerprint density at radius 1 is 1.33 bits per heavy atom. The van der Waals surface area contributed by atoms with Crippen LogP contribution in [0.5, 0.6) is 0 Å². The average molecular weight is 410 g/mol. The number of halogens is 1. The molecule has 1 aromatic carbocycles. The van der Waals surface area contributed by atoms with E-state index in [0.717, 1.165) is 22.5 Å². The Kier molecular flexibility index (Phi) is 7.59. The van der Waals surface area contributed by atoms with Crippen LogP contribution in [0.4, 0.5) is 0 Å². The Balaban J connectivity index is 1.94. The first-order valence-corrected chi connectivity index (χ1v) is 9.75. The second-order valence-electron chi connectivity index (χ2n) is 5.72. The van der Waals surface area contributed by atoms with Crippen molar-refractivity contribution in [1.82, 2.24) is 4.31 Å². The highest BCUT2D eigenvalue weighted by Crippen LogP contribution is 2.33. The van der Waals surface area contributed by atoms with Crippen LogP contribution in [0, 0.1) is 5.92 Å². The lowest BCUT2D eigenvalue weighted by molar-refractivity contribution is 0.0599. The number of rotatable bonds is 5. The summed E-state index contributed by atoms with van der Waals surface area (Å²) in [6, 6.07) is 5.78. The van der Waals surface area contributed by atoms with E-state index in [1.165, 1.54) is 25.5 Å². The van der Waals surface area contributed by atoms with Crippen molar-refractivity contribution in [3.63, 3.8) is 0 Å². The number of hydrogen-bond acceptors (Lipinski definition) is 4. The zero-order valence-electron chi connectivity index (χ0n) is 14.4. The van der Waals surface area contributed by atoms with Gasteiger partial charge in [-0.1, -0.05) is 18.2 Å². The fraction of sp³-hybridized carbons (Fsp3) is 0.421. The van der Waals surface area contributed by atoms with E-state index < -0.39 is 0 Å². The zero-order chi connectivity index (χ0) is 17.5. The number of piperidine rings is 1. The lowest BCUT2D eigenvalue weighted by Gasteiger charge is -2.31. The Hall–Kier alpha value is -1.04. The van der Waals surface area contributed by atoms with E-state index in [-0.39, 0.29) is 5.97 Å². The van der Waals surface area contributed by atoms with Crippen LogP contribution in [0.15, 0.2) is 51.4 Å². The second kappa shape index (κ2) is 9.44. The van der Waals surface area contributed by atoms with Gasteiger partial charge in [0.05, 0.1) is 12.7 Å². The quantitative estimate of drug-likeness (QED) is 0.365. The number of carbonyl (C=O) groups is 1. The van der Waals surface area contributed by atoms with Gasteiger partial charge in [0.25, 0.3) is 0 Å². The van der Waals surface area contributed by atoms with E-state index in [9.17, 15) is 4.79 Å². The number of benzene rings is 1. The molecule has 1 aliphatic rings. The van der Waals surface area contributed by atoms with E-state index in [1.54, 1.807) is 11.9 Å². The maximum absolute atomic E-state index is 11.6. The number of hydrogen-bond donors (Lipinski definition) is 0. The molecule has 1 aliphatic heterocycles. The van der Waals surface area contributed by atoms with Crippen molar-refractivity contribution in [2.75, 3.05) is 20.2 Å². The lowest BCUT2D eigenvalue weighted by Crippen LogP contribution is -2.29. The van der Waals surface area contributed by atoms with Crippen LogP contribution in [-0.2, 0) is 4.74 Å². The van der Waals surface area contributed by atoms with Crippen LogP contribution in [0.25, 0.3) is 0 Å². The highest BCUT2D eigenvalue weighted by atomic mass is 79.9. The average Bonchev–Trinajstić information content (AvgIpc) is 2.60. The van der Waals surface area contributed by atoms with Crippen LogP contribution < -0.4 is 0 Å². The van der Waals surface area contributed by atoms with E-state index in [0.29, 0.717) is 11.5 Å². The van der Waals surface area contributed by atoms with Gasteiger partial charge in [0.2, 0.25) is 0 Å². The third-order valence-corrected chi connectivity index (χ3v) is 5.94. The molecule has 0 aromatic heterocycles. The molecule has 24 heavy (non-hydrogen) atoms. The molecular weight excluding hydrogens is 386 g/mol. The second-order valence-corrected chi connectivity index (χ2v) is 7.74. The van der Waals surface area contributed by atoms with E-state index in [4.69, 9.17) is 4.74 Å². The fourth-order valence-electron chi connectivity index (χ4n) is 2.92. The van der Waals surface area contributed by atoms with E-state index >= 15 is 0 Å². The molecule has 0 N–H and O–H groups in total. The largest absolute Gasteiger partial charge is 0.465 e. The minimum Gasteiger partial charge on any atom is -0.465 e. The van der Waals surface area contributed by atoms with Gasteiger partial charge in [-0.25, -0.2) is 9.10 Å². The highest BCUT2D eigenvalue weighted by Gasteiger charge is 2.22. The van der Waals surface area contributed by atoms with Gasteiger partial charge in [0.1, 0.15) is 0 Å². The Morgan fingerprint density at radius 3 is 2.58 bits per heavy atom. The standard InChI is InChI=1S/C19H24BrNO2S/c1-4-6-14(5-2)15-9-11-21(12-10-15)24-16-7-8-17(18(20)13-16)19(22)23-3/h4-8,13,15H,9-12H2,1-3H3/b6-4-,14-5+. The molecule has 130 valence electrons. The predicted molar refractivity (Wildman–Crippen MR) is 104 cm³/mol. The predicted octanol–water partition coefficient (Wildman–Crippen LogP) is 5.48. The molecular formula is C19H24BrNO2S. The normalized spacial score (nSPS) is 17.4. The zero-order valence-corrected chi connectivity index (χ0v) is 16.8. The molecule has 1 saturated heterocycles. The van der Waals surface area contributed by atoms with Gasteiger partial charge < -0.3 is 4.74 Å². The fourth-order valence-corrected chi connectivity index (χ4v) is 4.60. The molecule has 0 atom stereocenters. The van der Waals surface area contributed by atoms with Crippen LogP contribution in [0.1, 0.15) is 37.0 Å². The topological polar surface area (TPSA) is 29.5 Å². The number of ether oxygens (including phenoxy) is 1. The van der Waals surface area contributed by atoms with Crippen LogP contribution in [0.3, 0.4) is 0 Å². The number of esters is 1. The molecule has 0 saturated carbocycles. The van der Waals surface area contributed by atoms with Crippen LogP contribution in [-0.4, -0.2) is 30.5 Å². The maximum atomic E-state index is 11.6. The first-order chi connectivity index (χ1) is 11.6. The Bertz CT molecular complexity index is 634. The van der Waals surface area contributed by atoms with Crippen LogP contribution in [0.2, 0.25) is 0 Å². The van der Waals surface area contributed by atoms with Crippen molar-refractivity contribution < 1.29 is 9.53 Å². The summed E-state index contributed by atoms with van der Waals surface area (Å²) in [5.74, 6) is 0.346. The first kappa shape index (κ1) is 19.3. The smallest absolute Gasteiger partial charge is 0.339 e. The van der Waals surface area contributed by atoms with Crippen molar-refractivity contribution >= 4 is 33.8 Å². The van der Waals surface area contributed by atoms with Crippen molar-refractivity contribution in [1.29, 1.82) is 0 Å². The third-order valence-electron chi connectivity index (χ3n) is 4.20. The molecule has 1 aromatic rings. The SMILES string of the molecule is C/C=C\C(=C/C)C1CCN(Sc2ccc(C(=O)OC)c(Br)c2)CC1. The summed E-state index contributed by atoms with van der Waals surface area (Å²) < 4.78 is 7.95. The van der Waals surface area contributed by atoms with Gasteiger partial charge in [0.15, 0.2) is 0 Å². The summed E-state index contributed by atoms with van der Waals surface area (Å²) in [4.78, 5) is 12.8. The minimum absolute atomic E-state index is 0.317. The lowest BCUT2D eigenvalue weighted by atomic mass is 9.89. The van der Waals surface area contributed by atoms with Crippen molar-refractivity contribution in [2.45, 2.75) is 31.6 Å². The summed E-state index contributed by atoms with van der Waals surface area (Å²) in [6.45, 7) is 6.34. The number of carbonyl (C=O) groups excluding carboxylic acids is 1. The number of nitrogens with zero attached hydrogens (tertiary/aromatic N) is 1. The van der Waals surface area contributed by atoms with Gasteiger partial charge in [-0.2, -0.15) is 0 Å². The molecule has 5 heteroatoms. The van der Waals surface area contributed by atoms with Gasteiger partial charge in [-0.3, -0.25) is 0 Å². The Labute approximate surface area is 157 Å². The molecule has 0 aliphatic carbocycles. The van der Waals surface area contributed by atoms with Crippen molar-refractivity contribution in [2.24, 2.45) is 5.92 Å². The minimum atomic E-state index is -0.317. The summed E-state index contributed by atoms with van der Waals surface area (Å²) in [5.41, 5.74) is 2.01. The van der Waals surface area contributed by atoms with Crippen LogP contribution >= 0.6 is 27.9 Å². The molecule has 1 heterocycles. The van der Waals surface area contributed by atoms with Gasteiger partial charge in [-0.15, -0.1) is 0 Å². The molecule has 0 bridgehead atoms. The first-order valence-electron chi connectivity index (χ1n) is 8.18. The monoisotopic (exact) mass is 409 g/mol. The summed E-state index contributed by atoms with van der Waals surface area (Å²) >= 11 is 5.22. The number of methoxy groups -OCH3 is 1. The number of allylic oxidation sites excluding steroid dienone is 4. The highest BCUT2D eigenvalue weighted by molar-refractivity contribution is 9.10. The molecule has 0 radical (unpaired) electrons. The van der Waals surface area contributed by atoms with Crippen molar-refractivity contribution in [3.8, 4) is 0 Å². The Morgan fingerprint density at radius 2 is 2.04 bits per heavy atom. The molecule has 0 spiro atoms. The molecule has 0 amide bonds. The molecule has 2 rings (SSSR count). The molecule has 1 fully saturated rings. The third kappa shape index (κ3) is 4.98. The van der Waals surface area contributed by atoms with Gasteiger partial charge >= 0.3 is 5.97 Å². The van der Waals surface area contributed by atoms with E-state index in [1.807, 2.05) is 18.2 Å². The summed E-state index contributed by atoms with van der Waals surface area (Å²) in [7, 11) is 1.40. The maximum Gasteiger partial charge on any atom is 0.339 e. The summed E-state index contributed by atoms with van der Waals surface area (Å²) in [6.07, 6.45) is 8.94. The summed E-state index contributed by atoms with van der Waals surface area (Å²) in [5, 5.41) is 0. The van der Waals surface area contributed by atoms with Gasteiger partial charge in [-0.05, 0) is 84.3 Å². The van der Waals surface area contributed by atoms with Gasteiger partial charge in [0, 0.05) is 22.5 Å². The molecule has 3 nitrogen and oxygen atoms in total. The van der Waals surface area contributed by atoms with E-state index in [2.05, 4.69) is 52.3 Å². The molecule has 0 unspecified atom stereocenters.